The Morgan fingerprint density at radius 2 is 1.72 bits per heavy atom. The van der Waals surface area contributed by atoms with E-state index >= 15 is 0 Å². The standard InChI is InChI=1S/C16H26N2/c1-3-10-17-12-13-18(11-4-2)16(14-17)15-8-6-5-7-9-15/h5-9,16H,3-4,10-14H2,1-2H3/t16-/m1/s1. The molecule has 1 aromatic rings. The zero-order valence-corrected chi connectivity index (χ0v) is 11.8. The molecule has 1 atom stereocenters. The van der Waals surface area contributed by atoms with Crippen LogP contribution in [-0.4, -0.2) is 42.5 Å². The molecule has 2 rings (SSSR count). The van der Waals surface area contributed by atoms with Crippen molar-refractivity contribution in [3.8, 4) is 0 Å². The Labute approximate surface area is 112 Å². The van der Waals surface area contributed by atoms with E-state index in [0.717, 1.165) is 0 Å². The molecule has 0 bridgehead atoms. The van der Waals surface area contributed by atoms with E-state index in [0.29, 0.717) is 6.04 Å². The first-order chi connectivity index (χ1) is 8.85. The fraction of sp³-hybridized carbons (Fsp3) is 0.625. The van der Waals surface area contributed by atoms with E-state index < -0.39 is 0 Å². The van der Waals surface area contributed by atoms with Crippen LogP contribution in [-0.2, 0) is 0 Å². The van der Waals surface area contributed by atoms with Crippen molar-refractivity contribution < 1.29 is 0 Å². The second kappa shape index (κ2) is 6.91. The highest BCUT2D eigenvalue weighted by Gasteiger charge is 2.26. The third kappa shape index (κ3) is 3.33. The van der Waals surface area contributed by atoms with Crippen molar-refractivity contribution in [2.45, 2.75) is 32.7 Å². The van der Waals surface area contributed by atoms with Crippen molar-refractivity contribution in [2.24, 2.45) is 0 Å². The third-order valence-corrected chi connectivity index (χ3v) is 3.81. The third-order valence-electron chi connectivity index (χ3n) is 3.81. The van der Waals surface area contributed by atoms with Gasteiger partial charge in [0, 0.05) is 25.7 Å². The lowest BCUT2D eigenvalue weighted by Crippen LogP contribution is -2.48. The Hall–Kier alpha value is -0.860. The van der Waals surface area contributed by atoms with E-state index in [1.807, 2.05) is 0 Å². The molecule has 0 spiro atoms. The molecular formula is C16H26N2. The van der Waals surface area contributed by atoms with Gasteiger partial charge >= 0.3 is 0 Å². The van der Waals surface area contributed by atoms with Crippen LogP contribution in [0, 0.1) is 0 Å². The summed E-state index contributed by atoms with van der Waals surface area (Å²) in [4.78, 5) is 5.27. The molecule has 1 aliphatic rings. The lowest BCUT2D eigenvalue weighted by atomic mass is 10.0. The average Bonchev–Trinajstić information content (AvgIpc) is 2.42. The van der Waals surface area contributed by atoms with E-state index in [-0.39, 0.29) is 0 Å². The highest BCUT2D eigenvalue weighted by Crippen LogP contribution is 2.25. The number of piperazine rings is 1. The first-order valence-electron chi connectivity index (χ1n) is 7.36. The maximum Gasteiger partial charge on any atom is 0.0475 e. The molecule has 0 unspecified atom stereocenters. The van der Waals surface area contributed by atoms with Crippen molar-refractivity contribution >= 4 is 0 Å². The van der Waals surface area contributed by atoms with Gasteiger partial charge in [-0.3, -0.25) is 4.90 Å². The normalized spacial score (nSPS) is 22.2. The predicted molar refractivity (Wildman–Crippen MR) is 77.8 cm³/mol. The minimum atomic E-state index is 0.589. The van der Waals surface area contributed by atoms with Crippen LogP contribution in [0.15, 0.2) is 30.3 Å². The van der Waals surface area contributed by atoms with Gasteiger partial charge in [-0.05, 0) is 31.5 Å². The topological polar surface area (TPSA) is 6.48 Å². The second-order valence-corrected chi connectivity index (χ2v) is 5.26. The lowest BCUT2D eigenvalue weighted by molar-refractivity contribution is 0.0741. The van der Waals surface area contributed by atoms with Gasteiger partial charge in [0.2, 0.25) is 0 Å². The Balaban J connectivity index is 2.09. The molecule has 1 aromatic carbocycles. The molecule has 0 saturated carbocycles. The van der Waals surface area contributed by atoms with Gasteiger partial charge in [-0.1, -0.05) is 44.2 Å². The zero-order chi connectivity index (χ0) is 12.8. The number of nitrogens with zero attached hydrogens (tertiary/aromatic N) is 2. The molecule has 1 aliphatic heterocycles. The molecule has 0 radical (unpaired) electrons. The Morgan fingerprint density at radius 1 is 1.00 bits per heavy atom. The molecule has 1 heterocycles. The van der Waals surface area contributed by atoms with Crippen molar-refractivity contribution in [3.63, 3.8) is 0 Å². The minimum Gasteiger partial charge on any atom is -0.300 e. The van der Waals surface area contributed by atoms with Gasteiger partial charge in [0.1, 0.15) is 0 Å². The number of benzene rings is 1. The van der Waals surface area contributed by atoms with Gasteiger partial charge in [-0.25, -0.2) is 0 Å². The van der Waals surface area contributed by atoms with E-state index in [1.165, 1.54) is 51.1 Å². The van der Waals surface area contributed by atoms with Crippen LogP contribution in [0.4, 0.5) is 0 Å². The van der Waals surface area contributed by atoms with E-state index in [1.54, 1.807) is 0 Å². The molecule has 1 fully saturated rings. The fourth-order valence-corrected chi connectivity index (χ4v) is 2.94. The van der Waals surface area contributed by atoms with Crippen molar-refractivity contribution in [2.75, 3.05) is 32.7 Å². The molecular weight excluding hydrogens is 220 g/mol. The van der Waals surface area contributed by atoms with Crippen LogP contribution in [0.3, 0.4) is 0 Å². The summed E-state index contributed by atoms with van der Waals surface area (Å²) < 4.78 is 0. The van der Waals surface area contributed by atoms with Crippen molar-refractivity contribution in [1.82, 2.24) is 9.80 Å². The van der Waals surface area contributed by atoms with Crippen molar-refractivity contribution in [1.29, 1.82) is 0 Å². The smallest absolute Gasteiger partial charge is 0.0475 e. The van der Waals surface area contributed by atoms with Crippen LogP contribution in [0.1, 0.15) is 38.3 Å². The fourth-order valence-electron chi connectivity index (χ4n) is 2.94. The summed E-state index contributed by atoms with van der Waals surface area (Å²) in [7, 11) is 0. The van der Waals surface area contributed by atoms with Gasteiger partial charge in [-0.15, -0.1) is 0 Å². The summed E-state index contributed by atoms with van der Waals surface area (Å²) >= 11 is 0. The summed E-state index contributed by atoms with van der Waals surface area (Å²) in [5.41, 5.74) is 1.48. The molecule has 0 N–H and O–H groups in total. The average molecular weight is 246 g/mol. The Kier molecular flexibility index (Phi) is 5.21. The quantitative estimate of drug-likeness (QED) is 0.787. The molecule has 2 heteroatoms. The minimum absolute atomic E-state index is 0.589. The molecule has 18 heavy (non-hydrogen) atoms. The summed E-state index contributed by atoms with van der Waals surface area (Å²) in [6.45, 7) is 10.7. The van der Waals surface area contributed by atoms with E-state index in [9.17, 15) is 0 Å². The molecule has 0 amide bonds. The van der Waals surface area contributed by atoms with Crippen LogP contribution < -0.4 is 0 Å². The summed E-state index contributed by atoms with van der Waals surface area (Å²) in [5.74, 6) is 0. The Bertz CT molecular complexity index is 336. The summed E-state index contributed by atoms with van der Waals surface area (Å²) in [6, 6.07) is 11.6. The first-order valence-corrected chi connectivity index (χ1v) is 7.36. The molecule has 100 valence electrons. The number of rotatable bonds is 5. The second-order valence-electron chi connectivity index (χ2n) is 5.26. The molecule has 0 aliphatic carbocycles. The number of hydrogen-bond donors (Lipinski definition) is 0. The lowest BCUT2D eigenvalue weighted by Gasteiger charge is -2.41. The summed E-state index contributed by atoms with van der Waals surface area (Å²) in [5, 5.41) is 0. The van der Waals surface area contributed by atoms with Gasteiger partial charge in [-0.2, -0.15) is 0 Å². The maximum absolute atomic E-state index is 2.65. The van der Waals surface area contributed by atoms with Gasteiger partial charge in [0.05, 0.1) is 0 Å². The molecule has 0 aromatic heterocycles. The van der Waals surface area contributed by atoms with Gasteiger partial charge < -0.3 is 4.90 Å². The first kappa shape index (κ1) is 13.6. The van der Waals surface area contributed by atoms with Crippen LogP contribution >= 0.6 is 0 Å². The van der Waals surface area contributed by atoms with Gasteiger partial charge in [0.15, 0.2) is 0 Å². The highest BCUT2D eigenvalue weighted by atomic mass is 15.3. The largest absolute Gasteiger partial charge is 0.300 e. The Morgan fingerprint density at radius 3 is 2.39 bits per heavy atom. The van der Waals surface area contributed by atoms with E-state index in [2.05, 4.69) is 54.0 Å². The molecule has 1 saturated heterocycles. The highest BCUT2D eigenvalue weighted by molar-refractivity contribution is 5.20. The maximum atomic E-state index is 2.65. The SMILES string of the molecule is CCCN1CCN(CCC)[C@@H](c2ccccc2)C1. The van der Waals surface area contributed by atoms with Crippen molar-refractivity contribution in [3.05, 3.63) is 35.9 Å². The van der Waals surface area contributed by atoms with Crippen LogP contribution in [0.5, 0.6) is 0 Å². The van der Waals surface area contributed by atoms with E-state index in [4.69, 9.17) is 0 Å². The summed E-state index contributed by atoms with van der Waals surface area (Å²) in [6.07, 6.45) is 2.51. The van der Waals surface area contributed by atoms with Crippen LogP contribution in [0.2, 0.25) is 0 Å². The number of hydrogen-bond acceptors (Lipinski definition) is 2. The van der Waals surface area contributed by atoms with Crippen LogP contribution in [0.25, 0.3) is 0 Å². The predicted octanol–water partition coefficient (Wildman–Crippen LogP) is 3.17. The van der Waals surface area contributed by atoms with Gasteiger partial charge in [0.25, 0.3) is 0 Å². The molecule has 2 nitrogen and oxygen atoms in total. The zero-order valence-electron chi connectivity index (χ0n) is 11.8. The monoisotopic (exact) mass is 246 g/mol.